The minimum Gasteiger partial charge on any atom is -0.461 e. The van der Waals surface area contributed by atoms with Crippen LogP contribution in [-0.2, 0) is 32.1 Å². The van der Waals surface area contributed by atoms with Crippen molar-refractivity contribution >= 4 is 29.4 Å². The van der Waals surface area contributed by atoms with Crippen LogP contribution in [0.5, 0.6) is 0 Å². The number of unbranched alkanes of at least 4 members (excludes halogenated alkanes) is 1. The van der Waals surface area contributed by atoms with Crippen LogP contribution in [0.2, 0.25) is 0 Å². The number of nitrogens with one attached hydrogen (secondary N) is 3. The van der Waals surface area contributed by atoms with Crippen molar-refractivity contribution in [3.63, 3.8) is 0 Å². The zero-order chi connectivity index (χ0) is 27.0. The topological polar surface area (TPSA) is 140 Å². The van der Waals surface area contributed by atoms with Gasteiger partial charge in [0, 0.05) is 18.5 Å². The molecule has 5 N–H and O–H groups in total. The predicted octanol–water partition coefficient (Wildman–Crippen LogP) is 3.47. The number of carbonyl (C=O) groups is 4. The highest BCUT2D eigenvalue weighted by molar-refractivity contribution is 5.95. The molecule has 0 fully saturated rings. The smallest absolute Gasteiger partial charge is 0.319 e. The van der Waals surface area contributed by atoms with Crippen molar-refractivity contribution in [3.8, 4) is 0 Å². The Labute approximate surface area is 218 Å². The number of Topliss-reactive ketones (excluding diaryl/α,β-unsaturated/α-hetero) is 1. The molecule has 0 unspecified atom stereocenters. The van der Waals surface area contributed by atoms with Gasteiger partial charge in [-0.1, -0.05) is 56.3 Å². The van der Waals surface area contributed by atoms with Crippen LogP contribution in [0.4, 0.5) is 10.5 Å². The average Bonchev–Trinajstić information content (AvgIpc) is 2.91. The maximum atomic E-state index is 13.2. The molecule has 0 radical (unpaired) electrons. The van der Waals surface area contributed by atoms with E-state index in [9.17, 15) is 19.2 Å². The van der Waals surface area contributed by atoms with E-state index in [0.29, 0.717) is 44.3 Å². The van der Waals surface area contributed by atoms with Gasteiger partial charge in [-0.2, -0.15) is 0 Å². The largest absolute Gasteiger partial charge is 0.461 e. The third-order valence-corrected chi connectivity index (χ3v) is 5.81. The molecule has 0 aliphatic carbocycles. The molecule has 0 aliphatic rings. The molecule has 0 bridgehead atoms. The Kier molecular flexibility index (Phi) is 12.8. The first-order chi connectivity index (χ1) is 17.9. The van der Waals surface area contributed by atoms with Gasteiger partial charge in [0.1, 0.15) is 12.6 Å². The molecule has 0 spiro atoms. The molecule has 0 heterocycles. The minimum absolute atomic E-state index is 0.0768. The van der Waals surface area contributed by atoms with Crippen LogP contribution in [0, 0.1) is 0 Å². The summed E-state index contributed by atoms with van der Waals surface area (Å²) in [5.74, 6) is -0.776. The Morgan fingerprint density at radius 1 is 0.838 bits per heavy atom. The number of ketones is 1. The second-order valence-corrected chi connectivity index (χ2v) is 8.72. The number of nitrogens with two attached hydrogens (primary N) is 1. The first kappa shape index (κ1) is 29.5. The highest BCUT2D eigenvalue weighted by atomic mass is 16.5. The molecule has 2 rings (SSSR count). The van der Waals surface area contributed by atoms with Gasteiger partial charge in [-0.3, -0.25) is 14.4 Å². The van der Waals surface area contributed by atoms with Crippen molar-refractivity contribution in [2.24, 2.45) is 5.73 Å². The number of benzene rings is 2. The third-order valence-electron chi connectivity index (χ3n) is 5.81. The second-order valence-electron chi connectivity index (χ2n) is 8.72. The van der Waals surface area contributed by atoms with Crippen molar-refractivity contribution in [2.45, 2.75) is 71.1 Å². The van der Waals surface area contributed by atoms with Crippen molar-refractivity contribution in [3.05, 3.63) is 65.7 Å². The van der Waals surface area contributed by atoms with Gasteiger partial charge in [0.25, 0.3) is 0 Å². The second kappa shape index (κ2) is 16.1. The van der Waals surface area contributed by atoms with Gasteiger partial charge < -0.3 is 26.4 Å². The van der Waals surface area contributed by atoms with E-state index in [0.717, 1.165) is 11.1 Å². The average molecular weight is 511 g/mol. The summed E-state index contributed by atoms with van der Waals surface area (Å²) in [5, 5.41) is 8.29. The Hall–Kier alpha value is -3.72. The molecule has 200 valence electrons. The fourth-order valence-electron chi connectivity index (χ4n) is 3.65. The van der Waals surface area contributed by atoms with E-state index in [4.69, 9.17) is 10.5 Å². The molecule has 0 aliphatic heterocycles. The zero-order valence-corrected chi connectivity index (χ0v) is 21.6. The van der Waals surface area contributed by atoms with Gasteiger partial charge in [0.05, 0.1) is 6.04 Å². The van der Waals surface area contributed by atoms with Crippen molar-refractivity contribution in [1.29, 1.82) is 0 Å². The molecular formula is C28H38N4O5. The van der Waals surface area contributed by atoms with E-state index in [1.165, 1.54) is 0 Å². The number of hydrogen-bond donors (Lipinski definition) is 4. The van der Waals surface area contributed by atoms with Crippen molar-refractivity contribution < 1.29 is 23.9 Å². The standard InChI is InChI=1S/C28H38N4O5/c1-3-25(33)24(18-20-10-6-5-7-11-20)31-27(35)23(12-8-9-17-29)32-28(36)30-22-15-13-21(14-16-22)19-37-26(34)4-2/h5-7,10-11,13-16,23-24H,3-4,8-9,12,17-19,29H2,1-2H3,(H,31,35)(H2,30,32,36)/t23-,24-/m0/s1. The number of ether oxygens (including phenoxy) is 1. The van der Waals surface area contributed by atoms with Crippen molar-refractivity contribution in [2.75, 3.05) is 11.9 Å². The van der Waals surface area contributed by atoms with Gasteiger partial charge in [0.2, 0.25) is 5.91 Å². The Morgan fingerprint density at radius 3 is 2.16 bits per heavy atom. The molecule has 37 heavy (non-hydrogen) atoms. The van der Waals surface area contributed by atoms with Gasteiger partial charge in [-0.05, 0) is 55.5 Å². The van der Waals surface area contributed by atoms with Crippen LogP contribution >= 0.6 is 0 Å². The summed E-state index contributed by atoms with van der Waals surface area (Å²) in [6.07, 6.45) is 2.71. The molecule has 2 aromatic rings. The van der Waals surface area contributed by atoms with E-state index >= 15 is 0 Å². The number of carbonyl (C=O) groups excluding carboxylic acids is 4. The minimum atomic E-state index is -0.831. The first-order valence-electron chi connectivity index (χ1n) is 12.7. The van der Waals surface area contributed by atoms with Gasteiger partial charge in [-0.15, -0.1) is 0 Å². The maximum Gasteiger partial charge on any atom is 0.319 e. The lowest BCUT2D eigenvalue weighted by molar-refractivity contribution is -0.144. The lowest BCUT2D eigenvalue weighted by Gasteiger charge is -2.23. The number of amides is 3. The molecule has 0 saturated heterocycles. The van der Waals surface area contributed by atoms with E-state index < -0.39 is 24.0 Å². The van der Waals surface area contributed by atoms with Crippen LogP contribution in [0.15, 0.2) is 54.6 Å². The van der Waals surface area contributed by atoms with Crippen molar-refractivity contribution in [1.82, 2.24) is 10.6 Å². The number of hydrogen-bond acceptors (Lipinski definition) is 6. The normalized spacial score (nSPS) is 12.2. The summed E-state index contributed by atoms with van der Waals surface area (Å²) in [6.45, 7) is 4.12. The fraction of sp³-hybridized carbons (Fsp3) is 0.429. The van der Waals surface area contributed by atoms with Crippen LogP contribution < -0.4 is 21.7 Å². The highest BCUT2D eigenvalue weighted by Crippen LogP contribution is 2.12. The Bertz CT molecular complexity index is 1010. The molecule has 9 nitrogen and oxygen atoms in total. The summed E-state index contributed by atoms with van der Waals surface area (Å²) < 4.78 is 5.10. The predicted molar refractivity (Wildman–Crippen MR) is 143 cm³/mol. The lowest BCUT2D eigenvalue weighted by atomic mass is 10.00. The summed E-state index contributed by atoms with van der Waals surface area (Å²) >= 11 is 0. The van der Waals surface area contributed by atoms with Gasteiger partial charge in [0.15, 0.2) is 5.78 Å². The van der Waals surface area contributed by atoms with Gasteiger partial charge >= 0.3 is 12.0 Å². The van der Waals surface area contributed by atoms with Crippen LogP contribution in [0.25, 0.3) is 0 Å². The summed E-state index contributed by atoms with van der Waals surface area (Å²) in [6, 6.07) is 14.3. The molecule has 3 amide bonds. The highest BCUT2D eigenvalue weighted by Gasteiger charge is 2.26. The number of rotatable bonds is 15. The molecule has 2 aromatic carbocycles. The molecule has 0 aromatic heterocycles. The monoisotopic (exact) mass is 510 g/mol. The van der Waals surface area contributed by atoms with E-state index in [1.54, 1.807) is 38.1 Å². The summed E-state index contributed by atoms with van der Waals surface area (Å²) in [4.78, 5) is 49.8. The molecule has 2 atom stereocenters. The summed E-state index contributed by atoms with van der Waals surface area (Å²) in [5.41, 5.74) is 7.85. The molecular weight excluding hydrogens is 472 g/mol. The fourth-order valence-corrected chi connectivity index (χ4v) is 3.65. The number of esters is 1. The molecule has 9 heteroatoms. The lowest BCUT2D eigenvalue weighted by Crippen LogP contribution is -2.52. The first-order valence-corrected chi connectivity index (χ1v) is 12.7. The van der Waals surface area contributed by atoms with Crippen LogP contribution in [0.1, 0.15) is 57.1 Å². The molecule has 0 saturated carbocycles. The number of urea groups is 1. The van der Waals surface area contributed by atoms with Gasteiger partial charge in [-0.25, -0.2) is 4.79 Å². The number of anilines is 1. The van der Waals surface area contributed by atoms with E-state index in [-0.39, 0.29) is 24.8 Å². The SMILES string of the molecule is CCC(=O)OCc1ccc(NC(=O)N[C@@H](CCCCN)C(=O)N[C@@H](Cc2ccccc2)C(=O)CC)cc1. The van der Waals surface area contributed by atoms with Crippen LogP contribution in [-0.4, -0.2) is 42.3 Å². The summed E-state index contributed by atoms with van der Waals surface area (Å²) in [7, 11) is 0. The Balaban J connectivity index is 2.02. The van der Waals surface area contributed by atoms with E-state index in [2.05, 4.69) is 16.0 Å². The zero-order valence-electron chi connectivity index (χ0n) is 21.6. The van der Waals surface area contributed by atoms with Crippen LogP contribution in [0.3, 0.4) is 0 Å². The Morgan fingerprint density at radius 2 is 1.54 bits per heavy atom. The third kappa shape index (κ3) is 10.8. The van der Waals surface area contributed by atoms with E-state index in [1.807, 2.05) is 30.3 Å². The quantitative estimate of drug-likeness (QED) is 0.214. The maximum absolute atomic E-state index is 13.2.